The molecule has 0 saturated carbocycles. The summed E-state index contributed by atoms with van der Waals surface area (Å²) in [6.07, 6.45) is 0. The molecule has 0 aliphatic heterocycles. The summed E-state index contributed by atoms with van der Waals surface area (Å²) in [6, 6.07) is 10.4. The topological polar surface area (TPSA) is 64.0 Å². The summed E-state index contributed by atoms with van der Waals surface area (Å²) in [5.41, 5.74) is 0.904. The molecule has 1 aromatic heterocycles. The molecule has 2 aromatic rings. The molecule has 0 unspecified atom stereocenters. The van der Waals surface area contributed by atoms with Crippen LogP contribution in [0, 0.1) is 5.41 Å². The van der Waals surface area contributed by atoms with Crippen LogP contribution in [0.5, 0.6) is 0 Å². The molecule has 1 heterocycles. The van der Waals surface area contributed by atoms with E-state index in [1.807, 2.05) is 32.9 Å². The van der Waals surface area contributed by atoms with Crippen molar-refractivity contribution >= 4 is 17.5 Å². The molecule has 0 saturated heterocycles. The van der Waals surface area contributed by atoms with Crippen LogP contribution in [0.3, 0.4) is 0 Å². The average molecular weight is 334 g/mol. The third kappa shape index (κ3) is 4.66. The molecular weight excluding hydrogens is 314 g/mol. The highest BCUT2D eigenvalue weighted by molar-refractivity contribution is 6.30. The molecule has 0 radical (unpaired) electrons. The second-order valence-electron chi connectivity index (χ2n) is 6.29. The average Bonchev–Trinajstić information content (AvgIpc) is 2.49. The van der Waals surface area contributed by atoms with E-state index in [4.69, 9.17) is 11.6 Å². The highest BCUT2D eigenvalue weighted by atomic mass is 35.5. The van der Waals surface area contributed by atoms with E-state index in [0.717, 1.165) is 5.56 Å². The maximum atomic E-state index is 11.9. The van der Waals surface area contributed by atoms with Crippen molar-refractivity contribution in [2.24, 2.45) is 5.41 Å². The first-order chi connectivity index (χ1) is 10.8. The molecule has 23 heavy (non-hydrogen) atoms. The SMILES string of the molecule is CC(C)(C)C(=O)NCCn1nc(-c2ccc(Cl)cc2)ccc1=O. The highest BCUT2D eigenvalue weighted by Gasteiger charge is 2.20. The Hall–Kier alpha value is -2.14. The van der Waals surface area contributed by atoms with Gasteiger partial charge in [-0.3, -0.25) is 9.59 Å². The molecule has 122 valence electrons. The van der Waals surface area contributed by atoms with Crippen molar-refractivity contribution in [3.8, 4) is 11.3 Å². The number of hydrogen-bond donors (Lipinski definition) is 1. The monoisotopic (exact) mass is 333 g/mol. The van der Waals surface area contributed by atoms with Gasteiger partial charge in [-0.05, 0) is 18.2 Å². The van der Waals surface area contributed by atoms with Crippen molar-refractivity contribution in [1.82, 2.24) is 15.1 Å². The minimum Gasteiger partial charge on any atom is -0.354 e. The van der Waals surface area contributed by atoms with Crippen LogP contribution in [-0.2, 0) is 11.3 Å². The van der Waals surface area contributed by atoms with E-state index in [9.17, 15) is 9.59 Å². The van der Waals surface area contributed by atoms with E-state index in [1.165, 1.54) is 10.7 Å². The fourth-order valence-corrected chi connectivity index (χ4v) is 2.05. The number of carbonyl (C=O) groups is 1. The smallest absolute Gasteiger partial charge is 0.266 e. The first-order valence-corrected chi connectivity index (χ1v) is 7.77. The van der Waals surface area contributed by atoms with Crippen LogP contribution < -0.4 is 10.9 Å². The Kier molecular flexibility index (Phi) is 5.21. The minimum atomic E-state index is -0.455. The molecule has 1 amide bonds. The van der Waals surface area contributed by atoms with Gasteiger partial charge in [0.15, 0.2) is 0 Å². The molecule has 0 spiro atoms. The Morgan fingerprint density at radius 1 is 1.17 bits per heavy atom. The van der Waals surface area contributed by atoms with E-state index in [1.54, 1.807) is 18.2 Å². The van der Waals surface area contributed by atoms with Gasteiger partial charge in [0.1, 0.15) is 0 Å². The van der Waals surface area contributed by atoms with Gasteiger partial charge < -0.3 is 5.32 Å². The summed E-state index contributed by atoms with van der Waals surface area (Å²) in [5.74, 6) is -0.0561. The number of aromatic nitrogens is 2. The van der Waals surface area contributed by atoms with Crippen molar-refractivity contribution in [2.75, 3.05) is 6.54 Å². The lowest BCUT2D eigenvalue weighted by Crippen LogP contribution is -2.38. The van der Waals surface area contributed by atoms with Gasteiger partial charge in [-0.25, -0.2) is 4.68 Å². The standard InChI is InChI=1S/C17H20ClN3O2/c1-17(2,3)16(23)19-10-11-21-15(22)9-8-14(20-21)12-4-6-13(18)7-5-12/h4-9H,10-11H2,1-3H3,(H,19,23). The number of carbonyl (C=O) groups excluding carboxylic acids is 1. The van der Waals surface area contributed by atoms with E-state index in [0.29, 0.717) is 23.8 Å². The number of nitrogens with one attached hydrogen (secondary N) is 1. The quantitative estimate of drug-likeness (QED) is 0.935. The van der Waals surface area contributed by atoms with Crippen molar-refractivity contribution < 1.29 is 4.79 Å². The molecule has 2 rings (SSSR count). The van der Waals surface area contributed by atoms with Gasteiger partial charge in [-0.1, -0.05) is 44.5 Å². The van der Waals surface area contributed by atoms with E-state index < -0.39 is 5.41 Å². The minimum absolute atomic E-state index is 0.0561. The molecule has 0 aliphatic rings. The predicted octanol–water partition coefficient (Wildman–Crippen LogP) is 2.73. The molecule has 0 atom stereocenters. The predicted molar refractivity (Wildman–Crippen MR) is 91.4 cm³/mol. The second kappa shape index (κ2) is 6.96. The van der Waals surface area contributed by atoms with Crippen LogP contribution in [-0.4, -0.2) is 22.2 Å². The number of hydrogen-bond acceptors (Lipinski definition) is 3. The molecule has 6 heteroatoms. The molecule has 0 bridgehead atoms. The summed E-state index contributed by atoms with van der Waals surface area (Å²) in [5, 5.41) is 7.80. The number of rotatable bonds is 4. The van der Waals surface area contributed by atoms with Crippen LogP contribution in [0.25, 0.3) is 11.3 Å². The van der Waals surface area contributed by atoms with Gasteiger partial charge in [-0.2, -0.15) is 5.10 Å². The van der Waals surface area contributed by atoms with Crippen LogP contribution in [0.2, 0.25) is 5.02 Å². The maximum Gasteiger partial charge on any atom is 0.266 e. The van der Waals surface area contributed by atoms with E-state index in [-0.39, 0.29) is 11.5 Å². The Balaban J connectivity index is 2.11. The zero-order valence-electron chi connectivity index (χ0n) is 13.5. The number of nitrogens with zero attached hydrogens (tertiary/aromatic N) is 2. The fraction of sp³-hybridized carbons (Fsp3) is 0.353. The fourth-order valence-electron chi connectivity index (χ4n) is 1.92. The Bertz CT molecular complexity index is 746. The Labute approximate surface area is 140 Å². The van der Waals surface area contributed by atoms with E-state index >= 15 is 0 Å². The van der Waals surface area contributed by atoms with Gasteiger partial charge in [0, 0.05) is 28.6 Å². The van der Waals surface area contributed by atoms with Crippen LogP contribution in [0.1, 0.15) is 20.8 Å². The summed E-state index contributed by atoms with van der Waals surface area (Å²) >= 11 is 5.87. The van der Waals surface area contributed by atoms with Crippen molar-refractivity contribution in [3.63, 3.8) is 0 Å². The van der Waals surface area contributed by atoms with Crippen molar-refractivity contribution in [2.45, 2.75) is 27.3 Å². The molecule has 1 N–H and O–H groups in total. The lowest BCUT2D eigenvalue weighted by atomic mass is 9.96. The normalized spacial score (nSPS) is 11.3. The zero-order chi connectivity index (χ0) is 17.0. The highest BCUT2D eigenvalue weighted by Crippen LogP contribution is 2.18. The lowest BCUT2D eigenvalue weighted by Gasteiger charge is -2.17. The molecular formula is C17H20ClN3O2. The molecule has 1 aromatic carbocycles. The van der Waals surface area contributed by atoms with Gasteiger partial charge in [0.25, 0.3) is 5.56 Å². The van der Waals surface area contributed by atoms with Crippen LogP contribution in [0.15, 0.2) is 41.2 Å². The van der Waals surface area contributed by atoms with Gasteiger partial charge in [0.2, 0.25) is 5.91 Å². The Morgan fingerprint density at radius 3 is 2.43 bits per heavy atom. The Morgan fingerprint density at radius 2 is 1.83 bits per heavy atom. The summed E-state index contributed by atoms with van der Waals surface area (Å²) < 4.78 is 1.35. The van der Waals surface area contributed by atoms with Gasteiger partial charge >= 0.3 is 0 Å². The first kappa shape index (κ1) is 17.2. The first-order valence-electron chi connectivity index (χ1n) is 7.40. The lowest BCUT2D eigenvalue weighted by molar-refractivity contribution is -0.128. The number of amides is 1. The van der Waals surface area contributed by atoms with Gasteiger partial charge in [0.05, 0.1) is 12.2 Å². The van der Waals surface area contributed by atoms with Crippen LogP contribution >= 0.6 is 11.6 Å². The molecule has 0 fully saturated rings. The maximum absolute atomic E-state index is 11.9. The second-order valence-corrected chi connectivity index (χ2v) is 6.73. The molecule has 0 aliphatic carbocycles. The largest absolute Gasteiger partial charge is 0.354 e. The van der Waals surface area contributed by atoms with Crippen LogP contribution in [0.4, 0.5) is 0 Å². The van der Waals surface area contributed by atoms with Crippen molar-refractivity contribution in [3.05, 3.63) is 51.8 Å². The third-order valence-corrected chi connectivity index (χ3v) is 3.55. The summed E-state index contributed by atoms with van der Waals surface area (Å²) in [6.45, 7) is 6.20. The summed E-state index contributed by atoms with van der Waals surface area (Å²) in [4.78, 5) is 23.7. The number of benzene rings is 1. The van der Waals surface area contributed by atoms with Crippen molar-refractivity contribution in [1.29, 1.82) is 0 Å². The number of halogens is 1. The third-order valence-electron chi connectivity index (χ3n) is 3.30. The summed E-state index contributed by atoms with van der Waals surface area (Å²) in [7, 11) is 0. The van der Waals surface area contributed by atoms with E-state index in [2.05, 4.69) is 10.4 Å². The van der Waals surface area contributed by atoms with Gasteiger partial charge in [-0.15, -0.1) is 0 Å². The zero-order valence-corrected chi connectivity index (χ0v) is 14.2. The molecule has 5 nitrogen and oxygen atoms in total.